The number of benzene rings is 1. The number of fused-ring (bicyclic) bond motifs is 1. The summed E-state index contributed by atoms with van der Waals surface area (Å²) in [6, 6.07) is 1.93. The highest BCUT2D eigenvalue weighted by Crippen LogP contribution is 2.26. The highest BCUT2D eigenvalue weighted by atomic mass is 32.1. The first-order valence-corrected chi connectivity index (χ1v) is 7.32. The molecule has 2 heterocycles. The van der Waals surface area contributed by atoms with Gasteiger partial charge in [0.25, 0.3) is 5.91 Å². The van der Waals surface area contributed by atoms with Crippen LogP contribution in [0.3, 0.4) is 0 Å². The maximum absolute atomic E-state index is 13.7. The van der Waals surface area contributed by atoms with Crippen molar-refractivity contribution in [3.05, 3.63) is 45.5 Å². The Morgan fingerprint density at radius 1 is 1.38 bits per heavy atom. The molecule has 2 aromatic rings. The van der Waals surface area contributed by atoms with Crippen molar-refractivity contribution in [3.8, 4) is 0 Å². The Balaban J connectivity index is 1.83. The van der Waals surface area contributed by atoms with Crippen molar-refractivity contribution in [2.24, 2.45) is 0 Å². The maximum Gasteiger partial charge on any atom is 0.260 e. The molecule has 0 spiro atoms. The Hall–Kier alpha value is -1.86. The number of aryl methyl sites for hydroxylation is 1. The summed E-state index contributed by atoms with van der Waals surface area (Å²) in [5.41, 5.74) is 1.01. The van der Waals surface area contributed by atoms with Crippen molar-refractivity contribution in [2.45, 2.75) is 19.9 Å². The van der Waals surface area contributed by atoms with Crippen LogP contribution in [0.5, 0.6) is 0 Å². The molecule has 0 atom stereocenters. The third kappa shape index (κ3) is 2.79. The van der Waals surface area contributed by atoms with Crippen LogP contribution >= 0.6 is 11.3 Å². The van der Waals surface area contributed by atoms with Crippen LogP contribution in [0.25, 0.3) is 0 Å². The summed E-state index contributed by atoms with van der Waals surface area (Å²) in [5, 5.41) is 6.24. The normalized spacial score (nSPS) is 13.9. The number of rotatable bonds is 2. The SMILES string of the molecule is Cc1cc(C(=O)Nc2nc3c(s2)CNCC3)c(F)cc1F. The molecule has 3 rings (SSSR count). The van der Waals surface area contributed by atoms with E-state index in [0.29, 0.717) is 5.13 Å². The lowest BCUT2D eigenvalue weighted by atomic mass is 10.1. The minimum atomic E-state index is -0.876. The van der Waals surface area contributed by atoms with Crippen LogP contribution in [-0.4, -0.2) is 17.4 Å². The van der Waals surface area contributed by atoms with Gasteiger partial charge in [-0.25, -0.2) is 13.8 Å². The van der Waals surface area contributed by atoms with Crippen LogP contribution in [0, 0.1) is 18.6 Å². The van der Waals surface area contributed by atoms with E-state index in [1.165, 1.54) is 24.3 Å². The fourth-order valence-electron chi connectivity index (χ4n) is 2.17. The van der Waals surface area contributed by atoms with Crippen LogP contribution < -0.4 is 10.6 Å². The summed E-state index contributed by atoms with van der Waals surface area (Å²) in [4.78, 5) is 17.5. The molecule has 0 radical (unpaired) electrons. The number of carbonyl (C=O) groups is 1. The van der Waals surface area contributed by atoms with Gasteiger partial charge in [-0.1, -0.05) is 0 Å². The van der Waals surface area contributed by atoms with Crippen LogP contribution in [0.4, 0.5) is 13.9 Å². The Kier molecular flexibility index (Phi) is 3.69. The molecule has 1 aliphatic rings. The van der Waals surface area contributed by atoms with Crippen LogP contribution in [0.1, 0.15) is 26.5 Å². The number of nitrogens with zero attached hydrogens (tertiary/aromatic N) is 1. The van der Waals surface area contributed by atoms with Crippen molar-refractivity contribution in [1.82, 2.24) is 10.3 Å². The van der Waals surface area contributed by atoms with Crippen molar-refractivity contribution in [1.29, 1.82) is 0 Å². The molecule has 1 aliphatic heterocycles. The van der Waals surface area contributed by atoms with Gasteiger partial charge in [-0.15, -0.1) is 11.3 Å². The molecule has 4 nitrogen and oxygen atoms in total. The lowest BCUT2D eigenvalue weighted by Crippen LogP contribution is -2.22. The zero-order valence-electron chi connectivity index (χ0n) is 11.3. The second-order valence-corrected chi connectivity index (χ2v) is 5.93. The van der Waals surface area contributed by atoms with Gasteiger partial charge in [-0.3, -0.25) is 10.1 Å². The number of carbonyl (C=O) groups excluding carboxylic acids is 1. The number of amides is 1. The van der Waals surface area contributed by atoms with E-state index in [0.717, 1.165) is 36.1 Å². The summed E-state index contributed by atoms with van der Waals surface area (Å²) in [5.74, 6) is -2.16. The first-order valence-electron chi connectivity index (χ1n) is 6.51. The number of thiazole rings is 1. The topological polar surface area (TPSA) is 54.0 Å². The zero-order valence-corrected chi connectivity index (χ0v) is 12.1. The molecule has 2 N–H and O–H groups in total. The zero-order chi connectivity index (χ0) is 15.0. The summed E-state index contributed by atoms with van der Waals surface area (Å²) in [7, 11) is 0. The van der Waals surface area contributed by atoms with Gasteiger partial charge in [0.15, 0.2) is 5.13 Å². The third-order valence-corrected chi connectivity index (χ3v) is 4.33. The molecule has 0 saturated heterocycles. The van der Waals surface area contributed by atoms with Crippen molar-refractivity contribution < 1.29 is 13.6 Å². The molecule has 110 valence electrons. The van der Waals surface area contributed by atoms with E-state index in [2.05, 4.69) is 15.6 Å². The van der Waals surface area contributed by atoms with Crippen LogP contribution in [0.2, 0.25) is 0 Å². The number of halogens is 2. The van der Waals surface area contributed by atoms with E-state index in [4.69, 9.17) is 0 Å². The van der Waals surface area contributed by atoms with Gasteiger partial charge < -0.3 is 5.32 Å². The Bertz CT molecular complexity index is 691. The molecular formula is C14H13F2N3OS. The minimum Gasteiger partial charge on any atom is -0.311 e. The molecule has 1 aromatic carbocycles. The first-order chi connectivity index (χ1) is 10.0. The van der Waals surface area contributed by atoms with Gasteiger partial charge in [0, 0.05) is 30.5 Å². The average Bonchev–Trinajstić information content (AvgIpc) is 2.84. The molecule has 1 amide bonds. The lowest BCUT2D eigenvalue weighted by molar-refractivity contribution is 0.102. The molecule has 0 bridgehead atoms. The average molecular weight is 309 g/mol. The summed E-state index contributed by atoms with van der Waals surface area (Å²) >= 11 is 1.37. The number of hydrogen-bond acceptors (Lipinski definition) is 4. The fraction of sp³-hybridized carbons (Fsp3) is 0.286. The largest absolute Gasteiger partial charge is 0.311 e. The van der Waals surface area contributed by atoms with E-state index in [1.807, 2.05) is 0 Å². The Labute approximate surface area is 124 Å². The van der Waals surface area contributed by atoms with Crippen molar-refractivity contribution >= 4 is 22.4 Å². The quantitative estimate of drug-likeness (QED) is 0.896. The second-order valence-electron chi connectivity index (χ2n) is 4.85. The van der Waals surface area contributed by atoms with Gasteiger partial charge in [-0.2, -0.15) is 0 Å². The monoisotopic (exact) mass is 309 g/mol. The lowest BCUT2D eigenvalue weighted by Gasteiger charge is -2.09. The summed E-state index contributed by atoms with van der Waals surface area (Å²) in [6.45, 7) is 3.07. The van der Waals surface area contributed by atoms with Crippen LogP contribution in [-0.2, 0) is 13.0 Å². The molecular weight excluding hydrogens is 296 g/mol. The molecule has 7 heteroatoms. The van der Waals surface area contributed by atoms with E-state index in [-0.39, 0.29) is 11.1 Å². The second kappa shape index (κ2) is 5.50. The van der Waals surface area contributed by atoms with Gasteiger partial charge in [0.2, 0.25) is 0 Å². The fourth-order valence-corrected chi connectivity index (χ4v) is 3.15. The van der Waals surface area contributed by atoms with E-state index in [9.17, 15) is 13.6 Å². The smallest absolute Gasteiger partial charge is 0.260 e. The molecule has 0 fully saturated rings. The number of nitrogens with one attached hydrogen (secondary N) is 2. The van der Waals surface area contributed by atoms with E-state index in [1.54, 1.807) is 0 Å². The predicted octanol–water partition coefficient (Wildman–Crippen LogP) is 2.63. The minimum absolute atomic E-state index is 0.180. The highest BCUT2D eigenvalue weighted by Gasteiger charge is 2.19. The molecule has 21 heavy (non-hydrogen) atoms. The highest BCUT2D eigenvalue weighted by molar-refractivity contribution is 7.15. The maximum atomic E-state index is 13.7. The first kappa shape index (κ1) is 14.1. The van der Waals surface area contributed by atoms with Gasteiger partial charge in [-0.05, 0) is 18.6 Å². The molecule has 0 aliphatic carbocycles. The standard InChI is InChI=1S/C14H13F2N3OS/c1-7-4-8(10(16)5-9(7)15)13(20)19-14-18-11-2-3-17-6-12(11)21-14/h4-5,17H,2-3,6H2,1H3,(H,18,19,20). The molecule has 1 aromatic heterocycles. The van der Waals surface area contributed by atoms with E-state index < -0.39 is 17.5 Å². The molecule has 0 unspecified atom stereocenters. The van der Waals surface area contributed by atoms with Crippen molar-refractivity contribution in [2.75, 3.05) is 11.9 Å². The van der Waals surface area contributed by atoms with E-state index >= 15 is 0 Å². The summed E-state index contributed by atoms with van der Waals surface area (Å²) in [6.07, 6.45) is 0.811. The van der Waals surface area contributed by atoms with Gasteiger partial charge in [0.05, 0.1) is 11.3 Å². The van der Waals surface area contributed by atoms with Crippen LogP contribution in [0.15, 0.2) is 12.1 Å². The molecule has 0 saturated carbocycles. The number of anilines is 1. The number of hydrogen-bond donors (Lipinski definition) is 2. The summed E-state index contributed by atoms with van der Waals surface area (Å²) < 4.78 is 26.9. The van der Waals surface area contributed by atoms with Gasteiger partial charge in [0.1, 0.15) is 11.6 Å². The van der Waals surface area contributed by atoms with Gasteiger partial charge >= 0.3 is 0 Å². The number of aromatic nitrogens is 1. The predicted molar refractivity (Wildman–Crippen MR) is 76.6 cm³/mol. The Morgan fingerprint density at radius 2 is 2.19 bits per heavy atom. The van der Waals surface area contributed by atoms with Crippen molar-refractivity contribution in [3.63, 3.8) is 0 Å². The third-order valence-electron chi connectivity index (χ3n) is 3.32. The Morgan fingerprint density at radius 3 is 2.95 bits per heavy atom.